The lowest BCUT2D eigenvalue weighted by Crippen LogP contribution is -2.36. The SMILES string of the molecule is CCN(CC(=O)NC)c1cc(C(C)O)ccn1. The molecule has 5 heteroatoms. The number of amides is 1. The first-order valence-electron chi connectivity index (χ1n) is 5.68. The number of anilines is 1. The van der Waals surface area contributed by atoms with E-state index in [0.717, 1.165) is 5.56 Å². The molecule has 1 unspecified atom stereocenters. The number of carbonyl (C=O) groups is 1. The van der Waals surface area contributed by atoms with E-state index in [9.17, 15) is 9.90 Å². The molecular formula is C12H19N3O2. The maximum Gasteiger partial charge on any atom is 0.239 e. The zero-order valence-electron chi connectivity index (χ0n) is 10.5. The summed E-state index contributed by atoms with van der Waals surface area (Å²) >= 11 is 0. The van der Waals surface area contributed by atoms with Crippen molar-refractivity contribution in [3.8, 4) is 0 Å². The van der Waals surface area contributed by atoms with Crippen molar-refractivity contribution in [3.63, 3.8) is 0 Å². The second-order valence-corrected chi connectivity index (χ2v) is 3.81. The van der Waals surface area contributed by atoms with Gasteiger partial charge >= 0.3 is 0 Å². The van der Waals surface area contributed by atoms with Crippen molar-refractivity contribution >= 4 is 11.7 Å². The van der Waals surface area contributed by atoms with E-state index in [1.54, 1.807) is 32.3 Å². The van der Waals surface area contributed by atoms with Crippen LogP contribution in [0.15, 0.2) is 18.3 Å². The molecule has 0 saturated heterocycles. The highest BCUT2D eigenvalue weighted by Gasteiger charge is 2.11. The molecule has 2 N–H and O–H groups in total. The number of hydrogen-bond donors (Lipinski definition) is 2. The van der Waals surface area contributed by atoms with Crippen molar-refractivity contribution in [2.75, 3.05) is 25.0 Å². The first-order valence-corrected chi connectivity index (χ1v) is 5.68. The summed E-state index contributed by atoms with van der Waals surface area (Å²) in [5.41, 5.74) is 0.797. The standard InChI is InChI=1S/C12H19N3O2/c1-4-15(8-12(17)13-3)11-7-10(9(2)16)5-6-14-11/h5-7,9,16H,4,8H2,1-3H3,(H,13,17). The number of hydrogen-bond acceptors (Lipinski definition) is 4. The lowest BCUT2D eigenvalue weighted by atomic mass is 10.1. The Morgan fingerprint density at radius 3 is 2.88 bits per heavy atom. The van der Waals surface area contributed by atoms with Crippen LogP contribution < -0.4 is 10.2 Å². The van der Waals surface area contributed by atoms with E-state index in [1.165, 1.54) is 0 Å². The third kappa shape index (κ3) is 3.71. The number of aliphatic hydroxyl groups is 1. The number of nitrogens with one attached hydrogen (secondary N) is 1. The van der Waals surface area contributed by atoms with Gasteiger partial charge in [-0.1, -0.05) is 0 Å². The van der Waals surface area contributed by atoms with Gasteiger partial charge in [-0.2, -0.15) is 0 Å². The van der Waals surface area contributed by atoms with Gasteiger partial charge in [-0.15, -0.1) is 0 Å². The third-order valence-corrected chi connectivity index (χ3v) is 2.57. The molecule has 0 fully saturated rings. The van der Waals surface area contributed by atoms with Gasteiger partial charge in [0.05, 0.1) is 12.6 Å². The van der Waals surface area contributed by atoms with Gasteiger partial charge in [-0.25, -0.2) is 4.98 Å². The van der Waals surface area contributed by atoms with Crippen LogP contribution in [0.2, 0.25) is 0 Å². The number of likely N-dealkylation sites (N-methyl/N-ethyl adjacent to an activating group) is 2. The summed E-state index contributed by atoms with van der Waals surface area (Å²) in [6.45, 7) is 4.61. The summed E-state index contributed by atoms with van der Waals surface area (Å²) in [7, 11) is 1.61. The van der Waals surface area contributed by atoms with Gasteiger partial charge in [0.25, 0.3) is 0 Å². The van der Waals surface area contributed by atoms with E-state index < -0.39 is 6.10 Å². The largest absolute Gasteiger partial charge is 0.389 e. The van der Waals surface area contributed by atoms with Crippen molar-refractivity contribution in [3.05, 3.63) is 23.9 Å². The lowest BCUT2D eigenvalue weighted by Gasteiger charge is -2.21. The molecule has 0 saturated carbocycles. The van der Waals surface area contributed by atoms with Gasteiger partial charge in [0, 0.05) is 19.8 Å². The van der Waals surface area contributed by atoms with E-state index in [2.05, 4.69) is 10.3 Å². The smallest absolute Gasteiger partial charge is 0.239 e. The molecule has 1 heterocycles. The fraction of sp³-hybridized carbons (Fsp3) is 0.500. The van der Waals surface area contributed by atoms with Crippen LogP contribution in [-0.4, -0.2) is 36.1 Å². The summed E-state index contributed by atoms with van der Waals surface area (Å²) in [6.07, 6.45) is 1.11. The lowest BCUT2D eigenvalue weighted by molar-refractivity contribution is -0.119. The van der Waals surface area contributed by atoms with E-state index in [4.69, 9.17) is 0 Å². The van der Waals surface area contributed by atoms with E-state index in [0.29, 0.717) is 12.4 Å². The molecule has 94 valence electrons. The molecule has 0 radical (unpaired) electrons. The maximum atomic E-state index is 11.3. The molecule has 0 aliphatic rings. The fourth-order valence-electron chi connectivity index (χ4n) is 1.47. The molecule has 0 spiro atoms. The molecule has 1 amide bonds. The number of aromatic nitrogens is 1. The minimum Gasteiger partial charge on any atom is -0.389 e. The second-order valence-electron chi connectivity index (χ2n) is 3.81. The summed E-state index contributed by atoms with van der Waals surface area (Å²) in [4.78, 5) is 17.4. The Morgan fingerprint density at radius 2 is 2.35 bits per heavy atom. The Labute approximate surface area is 101 Å². The minimum atomic E-state index is -0.532. The highest BCUT2D eigenvalue weighted by atomic mass is 16.3. The summed E-state index contributed by atoms with van der Waals surface area (Å²) in [6, 6.07) is 3.57. The zero-order chi connectivity index (χ0) is 12.8. The van der Waals surface area contributed by atoms with E-state index in [-0.39, 0.29) is 12.5 Å². The quantitative estimate of drug-likeness (QED) is 0.791. The molecule has 0 aromatic carbocycles. The Balaban J connectivity index is 2.88. The number of nitrogens with zero attached hydrogens (tertiary/aromatic N) is 2. The van der Waals surface area contributed by atoms with Crippen molar-refractivity contribution in [1.29, 1.82) is 0 Å². The molecule has 0 aliphatic heterocycles. The summed E-state index contributed by atoms with van der Waals surface area (Å²) in [5, 5.41) is 12.1. The first-order chi connectivity index (χ1) is 8.08. The van der Waals surface area contributed by atoms with Gasteiger partial charge in [0.1, 0.15) is 5.82 Å². The molecule has 5 nitrogen and oxygen atoms in total. The topological polar surface area (TPSA) is 65.5 Å². The first kappa shape index (κ1) is 13.4. The summed E-state index contributed by atoms with van der Waals surface area (Å²) < 4.78 is 0. The molecular weight excluding hydrogens is 218 g/mol. The number of pyridine rings is 1. The van der Waals surface area contributed by atoms with Gasteiger partial charge in [0.2, 0.25) is 5.91 Å². The fourth-order valence-corrected chi connectivity index (χ4v) is 1.47. The van der Waals surface area contributed by atoms with Crippen LogP contribution in [0.5, 0.6) is 0 Å². The van der Waals surface area contributed by atoms with Crippen LogP contribution in [0.4, 0.5) is 5.82 Å². The van der Waals surface area contributed by atoms with Crippen LogP contribution in [0.25, 0.3) is 0 Å². The van der Waals surface area contributed by atoms with Crippen LogP contribution in [-0.2, 0) is 4.79 Å². The maximum absolute atomic E-state index is 11.3. The minimum absolute atomic E-state index is 0.0592. The predicted octanol–water partition coefficient (Wildman–Crippen LogP) is 0.707. The average Bonchev–Trinajstić information content (AvgIpc) is 2.35. The Kier molecular flexibility index (Phi) is 4.90. The van der Waals surface area contributed by atoms with E-state index in [1.807, 2.05) is 11.8 Å². The van der Waals surface area contributed by atoms with Gasteiger partial charge in [-0.05, 0) is 31.5 Å². The predicted molar refractivity (Wildman–Crippen MR) is 66.8 cm³/mol. The van der Waals surface area contributed by atoms with Gasteiger partial charge in [-0.3, -0.25) is 4.79 Å². The Bertz CT molecular complexity index is 380. The van der Waals surface area contributed by atoms with E-state index >= 15 is 0 Å². The number of carbonyl (C=O) groups excluding carboxylic acids is 1. The van der Waals surface area contributed by atoms with Crippen LogP contribution in [0.3, 0.4) is 0 Å². The summed E-state index contributed by atoms with van der Waals surface area (Å²) in [5.74, 6) is 0.644. The second kappa shape index (κ2) is 6.20. The molecule has 17 heavy (non-hydrogen) atoms. The average molecular weight is 237 g/mol. The van der Waals surface area contributed by atoms with Gasteiger partial charge < -0.3 is 15.3 Å². The Hall–Kier alpha value is -1.62. The highest BCUT2D eigenvalue weighted by molar-refractivity contribution is 5.80. The Morgan fingerprint density at radius 1 is 1.65 bits per heavy atom. The van der Waals surface area contributed by atoms with Crippen molar-refractivity contribution in [2.45, 2.75) is 20.0 Å². The van der Waals surface area contributed by atoms with Crippen LogP contribution >= 0.6 is 0 Å². The third-order valence-electron chi connectivity index (χ3n) is 2.57. The zero-order valence-corrected chi connectivity index (χ0v) is 10.5. The molecule has 1 aromatic heterocycles. The monoisotopic (exact) mass is 237 g/mol. The molecule has 0 aliphatic carbocycles. The molecule has 0 bridgehead atoms. The van der Waals surface area contributed by atoms with Crippen LogP contribution in [0, 0.1) is 0 Å². The molecule has 1 aromatic rings. The van der Waals surface area contributed by atoms with Crippen molar-refractivity contribution in [1.82, 2.24) is 10.3 Å². The highest BCUT2D eigenvalue weighted by Crippen LogP contribution is 2.17. The van der Waals surface area contributed by atoms with Gasteiger partial charge in [0.15, 0.2) is 0 Å². The number of aliphatic hydroxyl groups excluding tert-OH is 1. The molecule has 1 rings (SSSR count). The molecule has 1 atom stereocenters. The normalized spacial score (nSPS) is 12.0. The van der Waals surface area contributed by atoms with Crippen molar-refractivity contribution < 1.29 is 9.90 Å². The van der Waals surface area contributed by atoms with Crippen LogP contribution in [0.1, 0.15) is 25.5 Å². The van der Waals surface area contributed by atoms with Crippen molar-refractivity contribution in [2.24, 2.45) is 0 Å². The number of rotatable bonds is 5.